The number of hydrogen-bond acceptors (Lipinski definition) is 3. The van der Waals surface area contributed by atoms with Gasteiger partial charge in [0.25, 0.3) is 0 Å². The summed E-state index contributed by atoms with van der Waals surface area (Å²) in [5.74, 6) is 0.916. The highest BCUT2D eigenvalue weighted by Crippen LogP contribution is 2.22. The second-order valence-electron chi connectivity index (χ2n) is 4.26. The smallest absolute Gasteiger partial charge is 0.141 e. The van der Waals surface area contributed by atoms with Crippen molar-refractivity contribution in [2.24, 2.45) is 0 Å². The first-order chi connectivity index (χ1) is 9.20. The average Bonchev–Trinajstić information content (AvgIpc) is 2.82. The van der Waals surface area contributed by atoms with Gasteiger partial charge in [-0.2, -0.15) is 5.10 Å². The molecule has 1 aromatic carbocycles. The molecule has 0 aliphatic rings. The van der Waals surface area contributed by atoms with Crippen LogP contribution in [0.1, 0.15) is 24.7 Å². The molecule has 0 spiro atoms. The summed E-state index contributed by atoms with van der Waals surface area (Å²) in [7, 11) is 0. The van der Waals surface area contributed by atoms with Gasteiger partial charge in [-0.3, -0.25) is 0 Å². The molecule has 6 heteroatoms. The van der Waals surface area contributed by atoms with E-state index in [1.54, 1.807) is 12.4 Å². The van der Waals surface area contributed by atoms with Gasteiger partial charge in [0.15, 0.2) is 0 Å². The maximum atomic E-state index is 6.01. The van der Waals surface area contributed by atoms with Gasteiger partial charge in [-0.1, -0.05) is 36.2 Å². The summed E-state index contributed by atoms with van der Waals surface area (Å²) >= 11 is 11.9. The first-order valence-corrected chi connectivity index (χ1v) is 6.97. The van der Waals surface area contributed by atoms with Gasteiger partial charge in [0, 0.05) is 0 Å². The molecule has 0 bridgehead atoms. The standard InChI is InChI=1S/C13H16Cl2N4/c1-2-5-16-7-13-17-9-18-19(13)8-10-3-4-11(14)12(15)6-10/h3-4,6,9,16H,2,5,7-8H2,1H3. The van der Waals surface area contributed by atoms with E-state index in [-0.39, 0.29) is 0 Å². The van der Waals surface area contributed by atoms with E-state index < -0.39 is 0 Å². The Morgan fingerprint density at radius 2 is 2.11 bits per heavy atom. The Morgan fingerprint density at radius 1 is 1.26 bits per heavy atom. The van der Waals surface area contributed by atoms with Crippen molar-refractivity contribution in [1.82, 2.24) is 20.1 Å². The molecule has 1 N–H and O–H groups in total. The molecule has 0 aliphatic heterocycles. The molecule has 1 heterocycles. The van der Waals surface area contributed by atoms with E-state index in [1.807, 2.05) is 16.8 Å². The molecule has 19 heavy (non-hydrogen) atoms. The molecule has 0 atom stereocenters. The highest BCUT2D eigenvalue weighted by Gasteiger charge is 2.06. The van der Waals surface area contributed by atoms with Gasteiger partial charge in [0.05, 0.1) is 23.1 Å². The lowest BCUT2D eigenvalue weighted by Gasteiger charge is -2.07. The fraction of sp³-hybridized carbons (Fsp3) is 0.385. The number of benzene rings is 1. The van der Waals surface area contributed by atoms with Gasteiger partial charge in [-0.15, -0.1) is 0 Å². The zero-order valence-corrected chi connectivity index (χ0v) is 12.2. The Balaban J connectivity index is 2.06. The van der Waals surface area contributed by atoms with Crippen molar-refractivity contribution in [1.29, 1.82) is 0 Å². The van der Waals surface area contributed by atoms with E-state index in [4.69, 9.17) is 23.2 Å². The van der Waals surface area contributed by atoms with Crippen molar-refractivity contribution < 1.29 is 0 Å². The van der Waals surface area contributed by atoms with E-state index in [9.17, 15) is 0 Å². The Kier molecular flexibility index (Phi) is 5.19. The second-order valence-corrected chi connectivity index (χ2v) is 5.07. The normalized spacial score (nSPS) is 10.9. The fourth-order valence-corrected chi connectivity index (χ4v) is 2.07. The summed E-state index contributed by atoms with van der Waals surface area (Å²) in [4.78, 5) is 4.25. The monoisotopic (exact) mass is 298 g/mol. The molecule has 2 rings (SSSR count). The molecule has 2 aromatic rings. The summed E-state index contributed by atoms with van der Waals surface area (Å²) < 4.78 is 1.86. The molecule has 0 radical (unpaired) electrons. The first-order valence-electron chi connectivity index (χ1n) is 6.22. The van der Waals surface area contributed by atoms with Crippen molar-refractivity contribution in [3.05, 3.63) is 46.0 Å². The van der Waals surface area contributed by atoms with Gasteiger partial charge >= 0.3 is 0 Å². The third-order valence-corrected chi connectivity index (χ3v) is 3.46. The van der Waals surface area contributed by atoms with Crippen LogP contribution in [0.4, 0.5) is 0 Å². The number of nitrogens with zero attached hydrogens (tertiary/aromatic N) is 3. The van der Waals surface area contributed by atoms with Crippen LogP contribution in [0, 0.1) is 0 Å². The van der Waals surface area contributed by atoms with Gasteiger partial charge in [-0.25, -0.2) is 9.67 Å². The van der Waals surface area contributed by atoms with Gasteiger partial charge in [0.2, 0.25) is 0 Å². The fourth-order valence-electron chi connectivity index (χ4n) is 1.74. The topological polar surface area (TPSA) is 42.7 Å². The molecule has 0 aliphatic carbocycles. The average molecular weight is 299 g/mol. The van der Waals surface area contributed by atoms with E-state index >= 15 is 0 Å². The van der Waals surface area contributed by atoms with Crippen LogP contribution in [0.15, 0.2) is 24.5 Å². The largest absolute Gasteiger partial charge is 0.310 e. The Hall–Kier alpha value is -1.10. The summed E-state index contributed by atoms with van der Waals surface area (Å²) in [6.07, 6.45) is 2.67. The first kappa shape index (κ1) is 14.3. The van der Waals surface area contributed by atoms with E-state index in [0.29, 0.717) is 16.6 Å². The van der Waals surface area contributed by atoms with Crippen molar-refractivity contribution >= 4 is 23.2 Å². The molecule has 1 aromatic heterocycles. The lowest BCUT2D eigenvalue weighted by atomic mass is 10.2. The predicted molar refractivity (Wildman–Crippen MR) is 77.6 cm³/mol. The van der Waals surface area contributed by atoms with Gasteiger partial charge in [-0.05, 0) is 30.7 Å². The molecular formula is C13H16Cl2N4. The van der Waals surface area contributed by atoms with Crippen LogP contribution in [-0.2, 0) is 13.1 Å². The maximum absolute atomic E-state index is 6.01. The number of aromatic nitrogens is 3. The summed E-state index contributed by atoms with van der Waals surface area (Å²) in [5.41, 5.74) is 1.05. The van der Waals surface area contributed by atoms with Gasteiger partial charge in [0.1, 0.15) is 12.2 Å². The third kappa shape index (κ3) is 3.93. The molecule has 0 saturated carbocycles. The number of nitrogens with one attached hydrogen (secondary N) is 1. The summed E-state index contributed by atoms with van der Waals surface area (Å²) in [5, 5.41) is 8.67. The van der Waals surface area contributed by atoms with E-state index in [1.165, 1.54) is 0 Å². The third-order valence-electron chi connectivity index (χ3n) is 2.72. The SMILES string of the molecule is CCCNCc1ncnn1Cc1ccc(Cl)c(Cl)c1. The summed E-state index contributed by atoms with van der Waals surface area (Å²) in [6.45, 7) is 4.46. The molecular weight excluding hydrogens is 283 g/mol. The predicted octanol–water partition coefficient (Wildman–Crippen LogP) is 3.13. The van der Waals surface area contributed by atoms with Crippen LogP contribution in [-0.4, -0.2) is 21.3 Å². The van der Waals surface area contributed by atoms with Crippen molar-refractivity contribution in [3.63, 3.8) is 0 Å². The van der Waals surface area contributed by atoms with Crippen molar-refractivity contribution in [2.45, 2.75) is 26.4 Å². The minimum Gasteiger partial charge on any atom is -0.310 e. The maximum Gasteiger partial charge on any atom is 0.141 e. The van der Waals surface area contributed by atoms with Crippen LogP contribution >= 0.6 is 23.2 Å². The summed E-state index contributed by atoms with van der Waals surface area (Å²) in [6, 6.07) is 5.60. The van der Waals surface area contributed by atoms with Crippen molar-refractivity contribution in [2.75, 3.05) is 6.54 Å². The number of hydrogen-bond donors (Lipinski definition) is 1. The second kappa shape index (κ2) is 6.89. The number of rotatable bonds is 6. The number of halogens is 2. The van der Waals surface area contributed by atoms with Crippen LogP contribution in [0.2, 0.25) is 10.0 Å². The minimum atomic E-state index is 0.560. The highest BCUT2D eigenvalue weighted by atomic mass is 35.5. The molecule has 102 valence electrons. The van der Waals surface area contributed by atoms with Gasteiger partial charge < -0.3 is 5.32 Å². The molecule has 0 unspecified atom stereocenters. The van der Waals surface area contributed by atoms with Crippen molar-refractivity contribution in [3.8, 4) is 0 Å². The van der Waals surface area contributed by atoms with Crippen LogP contribution in [0.5, 0.6) is 0 Å². The van der Waals surface area contributed by atoms with Crippen LogP contribution < -0.4 is 5.32 Å². The van der Waals surface area contributed by atoms with E-state index in [0.717, 1.165) is 30.9 Å². The molecule has 0 amide bonds. The Morgan fingerprint density at radius 3 is 2.84 bits per heavy atom. The molecule has 4 nitrogen and oxygen atoms in total. The highest BCUT2D eigenvalue weighted by molar-refractivity contribution is 6.42. The quantitative estimate of drug-likeness (QED) is 0.833. The molecule has 0 saturated heterocycles. The Labute approximate surface area is 122 Å². The van der Waals surface area contributed by atoms with E-state index in [2.05, 4.69) is 22.3 Å². The lowest BCUT2D eigenvalue weighted by Crippen LogP contribution is -2.18. The van der Waals surface area contributed by atoms with Crippen LogP contribution in [0.25, 0.3) is 0 Å². The zero-order chi connectivity index (χ0) is 13.7. The van der Waals surface area contributed by atoms with Crippen LogP contribution in [0.3, 0.4) is 0 Å². The molecule has 0 fully saturated rings. The lowest BCUT2D eigenvalue weighted by molar-refractivity contribution is 0.583. The zero-order valence-electron chi connectivity index (χ0n) is 10.7. The minimum absolute atomic E-state index is 0.560. The Bertz CT molecular complexity index is 539.